The number of carbonyl (C=O) groups excluding carboxylic acids is 1. The van der Waals surface area contributed by atoms with E-state index < -0.39 is 18.6 Å². The molecule has 0 atom stereocenters. The van der Waals surface area contributed by atoms with Crippen molar-refractivity contribution >= 4 is 35.0 Å². The minimum Gasteiger partial charge on any atom is -0.357 e. The molecule has 0 aliphatic heterocycles. The number of aromatic nitrogens is 2. The molecule has 0 spiro atoms. The van der Waals surface area contributed by atoms with E-state index in [1.807, 2.05) is 5.32 Å². The Morgan fingerprint density at radius 2 is 2.00 bits per heavy atom. The molecule has 0 fully saturated rings. The zero-order valence-electron chi connectivity index (χ0n) is 12.4. The van der Waals surface area contributed by atoms with Crippen molar-refractivity contribution in [2.24, 2.45) is 0 Å². The highest BCUT2D eigenvalue weighted by Crippen LogP contribution is 2.26. The molecule has 1 amide bonds. The van der Waals surface area contributed by atoms with Crippen LogP contribution in [0.25, 0.3) is 0 Å². The molecule has 128 valence electrons. The third kappa shape index (κ3) is 4.72. The monoisotopic (exact) mass is 359 g/mol. The van der Waals surface area contributed by atoms with Crippen LogP contribution in [0.3, 0.4) is 0 Å². The number of nitrogens with zero attached hydrogens (tertiary/aromatic N) is 2. The molecule has 1 aromatic carbocycles. The summed E-state index contributed by atoms with van der Waals surface area (Å²) in [6.07, 6.45) is -3.13. The quantitative estimate of drug-likeness (QED) is 0.764. The zero-order chi connectivity index (χ0) is 17.7. The van der Waals surface area contributed by atoms with E-state index in [2.05, 4.69) is 20.6 Å². The first kappa shape index (κ1) is 17.8. The molecule has 0 radical (unpaired) electrons. The summed E-state index contributed by atoms with van der Waals surface area (Å²) in [5.41, 5.74) is 0.294. The van der Waals surface area contributed by atoms with Gasteiger partial charge < -0.3 is 16.0 Å². The summed E-state index contributed by atoms with van der Waals surface area (Å²) in [6.45, 7) is -1.42. The first-order chi connectivity index (χ1) is 11.3. The smallest absolute Gasteiger partial charge is 0.357 e. The van der Waals surface area contributed by atoms with Gasteiger partial charge in [0.05, 0.1) is 17.4 Å². The number of para-hydroxylation sites is 1. The van der Waals surface area contributed by atoms with Crippen molar-refractivity contribution in [1.29, 1.82) is 0 Å². The number of hydrogen-bond acceptors (Lipinski definition) is 5. The van der Waals surface area contributed by atoms with Crippen molar-refractivity contribution in [2.45, 2.75) is 6.18 Å². The Morgan fingerprint density at radius 3 is 2.67 bits per heavy atom. The van der Waals surface area contributed by atoms with Crippen LogP contribution in [-0.4, -0.2) is 35.6 Å². The maximum atomic E-state index is 12.2. The normalized spacial score (nSPS) is 11.0. The van der Waals surface area contributed by atoms with Crippen molar-refractivity contribution in [2.75, 3.05) is 24.2 Å². The Bertz CT molecular complexity index is 739. The van der Waals surface area contributed by atoms with Gasteiger partial charge in [-0.25, -0.2) is 4.98 Å². The van der Waals surface area contributed by atoms with Crippen molar-refractivity contribution < 1.29 is 18.0 Å². The lowest BCUT2D eigenvalue weighted by molar-refractivity contribution is -0.123. The Hall–Kier alpha value is -2.55. The molecule has 0 unspecified atom stereocenters. The van der Waals surface area contributed by atoms with Gasteiger partial charge in [0.15, 0.2) is 5.82 Å². The first-order valence-electron chi connectivity index (χ1n) is 6.71. The predicted molar refractivity (Wildman–Crippen MR) is 84.7 cm³/mol. The summed E-state index contributed by atoms with van der Waals surface area (Å²) in [4.78, 5) is 20.0. The largest absolute Gasteiger partial charge is 0.405 e. The second-order valence-corrected chi connectivity index (χ2v) is 5.02. The average molecular weight is 360 g/mol. The van der Waals surface area contributed by atoms with Crippen LogP contribution in [0.4, 0.5) is 30.6 Å². The summed E-state index contributed by atoms with van der Waals surface area (Å²) in [5.74, 6) is -0.359. The molecule has 6 nitrogen and oxygen atoms in total. The van der Waals surface area contributed by atoms with Gasteiger partial charge in [-0.3, -0.25) is 4.79 Å². The molecule has 10 heteroatoms. The van der Waals surface area contributed by atoms with Crippen LogP contribution in [-0.2, 0) is 0 Å². The van der Waals surface area contributed by atoms with Crippen LogP contribution in [0.2, 0.25) is 5.02 Å². The maximum absolute atomic E-state index is 12.2. The fourth-order valence-electron chi connectivity index (χ4n) is 1.77. The number of amides is 1. The van der Waals surface area contributed by atoms with Gasteiger partial charge in [-0.1, -0.05) is 23.7 Å². The van der Waals surface area contributed by atoms with E-state index in [1.165, 1.54) is 24.4 Å². The molecule has 3 N–H and O–H groups in total. The maximum Gasteiger partial charge on any atom is 0.405 e. The van der Waals surface area contributed by atoms with Crippen LogP contribution in [0.1, 0.15) is 10.4 Å². The fourth-order valence-corrected chi connectivity index (χ4v) is 1.91. The lowest BCUT2D eigenvalue weighted by atomic mass is 10.1. The number of hydrogen-bond donors (Lipinski definition) is 3. The van der Waals surface area contributed by atoms with Gasteiger partial charge in [0, 0.05) is 7.05 Å². The summed E-state index contributed by atoms with van der Waals surface area (Å²) >= 11 is 5.99. The van der Waals surface area contributed by atoms with Crippen LogP contribution >= 0.6 is 11.6 Å². The molecule has 0 saturated carbocycles. The van der Waals surface area contributed by atoms with E-state index >= 15 is 0 Å². The second-order valence-electron chi connectivity index (χ2n) is 4.61. The van der Waals surface area contributed by atoms with Gasteiger partial charge in [0.25, 0.3) is 5.91 Å². The summed E-state index contributed by atoms with van der Waals surface area (Å²) in [6, 6.07) is 6.08. The molecule has 0 saturated heterocycles. The minimum atomic E-state index is -4.49. The van der Waals surface area contributed by atoms with E-state index in [0.717, 1.165) is 0 Å². The lowest BCUT2D eigenvalue weighted by Crippen LogP contribution is -2.34. The zero-order valence-corrected chi connectivity index (χ0v) is 13.2. The van der Waals surface area contributed by atoms with Crippen molar-refractivity contribution in [3.63, 3.8) is 0 Å². The Labute approximate surface area is 140 Å². The lowest BCUT2D eigenvalue weighted by Gasteiger charge is -2.13. The number of benzene rings is 1. The van der Waals surface area contributed by atoms with Gasteiger partial charge in [-0.05, 0) is 12.1 Å². The first-order valence-corrected chi connectivity index (χ1v) is 7.09. The Morgan fingerprint density at radius 1 is 1.29 bits per heavy atom. The molecule has 1 heterocycles. The number of rotatable bonds is 5. The molecule has 0 aliphatic rings. The summed E-state index contributed by atoms with van der Waals surface area (Å²) in [7, 11) is 1.62. The molecule has 2 rings (SSSR count). The summed E-state index contributed by atoms with van der Waals surface area (Å²) in [5, 5.41) is 7.57. The number of carbonyl (C=O) groups is 1. The van der Waals surface area contributed by atoms with E-state index in [9.17, 15) is 18.0 Å². The predicted octanol–water partition coefficient (Wildman–Crippen LogP) is 3.21. The highest BCUT2D eigenvalue weighted by molar-refractivity contribution is 6.33. The third-order valence-electron chi connectivity index (χ3n) is 2.84. The van der Waals surface area contributed by atoms with Crippen molar-refractivity contribution in [3.8, 4) is 0 Å². The highest BCUT2D eigenvalue weighted by Gasteiger charge is 2.28. The SMILES string of the molecule is CNc1ncc(Cl)c(Nc2ccccc2C(=O)NCC(F)(F)F)n1. The van der Waals surface area contributed by atoms with Crippen LogP contribution in [0, 0.1) is 0 Å². The molecular formula is C14H13ClF3N5O. The number of anilines is 3. The van der Waals surface area contributed by atoms with Crippen LogP contribution < -0.4 is 16.0 Å². The van der Waals surface area contributed by atoms with Gasteiger partial charge in [0.2, 0.25) is 5.95 Å². The molecular weight excluding hydrogens is 347 g/mol. The number of alkyl halides is 3. The van der Waals surface area contributed by atoms with Gasteiger partial charge >= 0.3 is 6.18 Å². The van der Waals surface area contributed by atoms with Gasteiger partial charge in [-0.2, -0.15) is 18.2 Å². The molecule has 0 aliphatic carbocycles. The van der Waals surface area contributed by atoms with Crippen molar-refractivity contribution in [1.82, 2.24) is 15.3 Å². The van der Waals surface area contributed by atoms with Gasteiger partial charge in [-0.15, -0.1) is 0 Å². The molecule has 24 heavy (non-hydrogen) atoms. The van der Waals surface area contributed by atoms with E-state index in [0.29, 0.717) is 5.95 Å². The van der Waals surface area contributed by atoms with Gasteiger partial charge in [0.1, 0.15) is 11.6 Å². The number of halogens is 4. The van der Waals surface area contributed by atoms with E-state index in [1.54, 1.807) is 13.1 Å². The standard InChI is InChI=1S/C14H13ClF3N5O/c1-19-13-20-6-9(15)11(23-13)22-10-5-3-2-4-8(10)12(24)21-7-14(16,17)18/h2-6H,7H2,1H3,(H,21,24)(H2,19,20,22,23). The molecule has 0 bridgehead atoms. The molecule has 1 aromatic heterocycles. The topological polar surface area (TPSA) is 78.9 Å². The average Bonchev–Trinajstić information content (AvgIpc) is 2.54. The van der Waals surface area contributed by atoms with Crippen LogP contribution in [0.5, 0.6) is 0 Å². The minimum absolute atomic E-state index is 0.0300. The van der Waals surface area contributed by atoms with E-state index in [-0.39, 0.29) is 22.1 Å². The molecule has 2 aromatic rings. The van der Waals surface area contributed by atoms with E-state index in [4.69, 9.17) is 11.6 Å². The summed E-state index contributed by atoms with van der Waals surface area (Å²) < 4.78 is 36.7. The van der Waals surface area contributed by atoms with Crippen LogP contribution in [0.15, 0.2) is 30.5 Å². The third-order valence-corrected chi connectivity index (χ3v) is 3.12. The number of nitrogens with one attached hydrogen (secondary N) is 3. The highest BCUT2D eigenvalue weighted by atomic mass is 35.5. The second kappa shape index (κ2) is 7.35. The Balaban J connectivity index is 2.24. The van der Waals surface area contributed by atoms with Crippen molar-refractivity contribution in [3.05, 3.63) is 41.0 Å². The fraction of sp³-hybridized carbons (Fsp3) is 0.214. The Kier molecular flexibility index (Phi) is 5.45.